The predicted molar refractivity (Wildman–Crippen MR) is 81.3 cm³/mol. The quantitative estimate of drug-likeness (QED) is 0.498. The summed E-state index contributed by atoms with van der Waals surface area (Å²) in [4.78, 5) is 0. The fraction of sp³-hybridized carbons (Fsp3) is 0.333. The van der Waals surface area contributed by atoms with Crippen molar-refractivity contribution in [2.45, 2.75) is 26.9 Å². The fourth-order valence-corrected chi connectivity index (χ4v) is 10.7. The van der Waals surface area contributed by atoms with Crippen LogP contribution in [0.2, 0.25) is 13.1 Å². The van der Waals surface area contributed by atoms with Crippen molar-refractivity contribution in [2.75, 3.05) is 0 Å². The summed E-state index contributed by atoms with van der Waals surface area (Å²) in [6, 6.07) is 0. The van der Waals surface area contributed by atoms with Gasteiger partial charge < -0.3 is 0 Å². The third-order valence-electron chi connectivity index (χ3n) is 1.85. The molecule has 0 saturated heterocycles. The van der Waals surface area contributed by atoms with Gasteiger partial charge in [-0.25, -0.2) is 0 Å². The van der Waals surface area contributed by atoms with Gasteiger partial charge in [0.15, 0.2) is 0 Å². The molecule has 0 radical (unpaired) electrons. The van der Waals surface area contributed by atoms with Crippen LogP contribution >= 0.6 is 24.8 Å². The zero-order chi connectivity index (χ0) is 10.8. The molecule has 0 atom stereocenters. The maximum atomic E-state index is 2.50. The molecular weight excluding hydrogens is 334 g/mol. The van der Waals surface area contributed by atoms with E-state index in [4.69, 9.17) is 0 Å². The summed E-state index contributed by atoms with van der Waals surface area (Å²) in [6.07, 6.45) is 12.9. The zero-order valence-corrected chi connectivity index (χ0v) is 15.8. The standard InChI is InChI=1S/2C5H7.C2H7Si.2ClH.Zr/c2*1-3-5-4-2;1-3-2;;;/h2*1,3-5H,2H3;3H,1-2H3;2*1H;. The largest absolute Gasteiger partial charge is 0.147 e. The predicted octanol–water partition coefficient (Wildman–Crippen LogP) is 4.61. The van der Waals surface area contributed by atoms with Crippen LogP contribution in [0, 0.1) is 0 Å². The van der Waals surface area contributed by atoms with Crippen LogP contribution in [0.25, 0.3) is 0 Å². The fourth-order valence-electron chi connectivity index (χ4n) is 0.996. The maximum Gasteiger partial charge on any atom is -0.147 e. The van der Waals surface area contributed by atoms with Gasteiger partial charge in [0.1, 0.15) is 0 Å². The second kappa shape index (κ2) is 15.6. The van der Waals surface area contributed by atoms with Gasteiger partial charge in [-0.2, -0.15) is 0 Å². The van der Waals surface area contributed by atoms with Crippen molar-refractivity contribution >= 4 is 30.7 Å². The van der Waals surface area contributed by atoms with Crippen LogP contribution < -0.4 is 0 Å². The molecule has 0 spiro atoms. The molecular formula is C12H23Cl2SiZr. The van der Waals surface area contributed by atoms with Crippen molar-refractivity contribution < 1.29 is 20.9 Å². The SMILES string of the molecule is CC=CC=[CH][Zr]([CH]=CC=CC)[SiH](C)C.Cl.Cl. The van der Waals surface area contributed by atoms with Gasteiger partial charge in [0.05, 0.1) is 0 Å². The average molecular weight is 358 g/mol. The van der Waals surface area contributed by atoms with Crippen molar-refractivity contribution in [3.05, 3.63) is 44.0 Å². The second-order valence-electron chi connectivity index (χ2n) is 3.42. The smallest absolute Gasteiger partial charge is 0.147 e. The Balaban J connectivity index is -0.000000845. The van der Waals surface area contributed by atoms with Gasteiger partial charge in [-0.3, -0.25) is 0 Å². The van der Waals surface area contributed by atoms with E-state index < -0.39 is 26.8 Å². The van der Waals surface area contributed by atoms with Crippen molar-refractivity contribution in [3.8, 4) is 0 Å². The first-order chi connectivity index (χ1) is 6.72. The van der Waals surface area contributed by atoms with E-state index in [1.165, 1.54) is 0 Å². The molecule has 0 saturated carbocycles. The van der Waals surface area contributed by atoms with Crippen LogP contribution in [0.1, 0.15) is 13.8 Å². The van der Waals surface area contributed by atoms with Gasteiger partial charge in [0.2, 0.25) is 0 Å². The Labute approximate surface area is 122 Å². The summed E-state index contributed by atoms with van der Waals surface area (Å²) in [6.45, 7) is 9.06. The molecule has 0 amide bonds. The third kappa shape index (κ3) is 12.7. The zero-order valence-electron chi connectivity index (χ0n) is 10.5. The molecule has 0 fully saturated rings. The van der Waals surface area contributed by atoms with E-state index in [-0.39, 0.29) is 24.8 Å². The molecule has 0 N–H and O–H groups in total. The molecule has 0 heterocycles. The van der Waals surface area contributed by atoms with E-state index in [1.807, 2.05) is 0 Å². The summed E-state index contributed by atoms with van der Waals surface area (Å²) in [5.74, 6) is -0.416. The molecule has 0 nitrogen and oxygen atoms in total. The summed E-state index contributed by atoms with van der Waals surface area (Å²) < 4.78 is 5.00. The van der Waals surface area contributed by atoms with Crippen LogP contribution in [-0.2, 0) is 20.9 Å². The van der Waals surface area contributed by atoms with E-state index in [0.717, 1.165) is 0 Å². The molecule has 0 aromatic carbocycles. The monoisotopic (exact) mass is 355 g/mol. The number of allylic oxidation sites excluding steroid dienone is 6. The minimum absolute atomic E-state index is 0. The first-order valence-electron chi connectivity index (χ1n) is 5.18. The van der Waals surface area contributed by atoms with E-state index in [0.29, 0.717) is 0 Å². The average Bonchev–Trinajstić information content (AvgIpc) is 2.15. The first-order valence-corrected chi connectivity index (χ1v) is 15.2. The molecule has 0 aliphatic heterocycles. The minimum atomic E-state index is -1.26. The molecule has 0 aliphatic carbocycles. The Morgan fingerprint density at radius 3 is 1.38 bits per heavy atom. The van der Waals surface area contributed by atoms with Gasteiger partial charge in [-0.15, -0.1) is 24.8 Å². The Morgan fingerprint density at radius 1 is 0.750 bits per heavy atom. The van der Waals surface area contributed by atoms with Crippen LogP contribution in [0.15, 0.2) is 44.0 Å². The van der Waals surface area contributed by atoms with Gasteiger partial charge >= 0.3 is 97.8 Å². The van der Waals surface area contributed by atoms with E-state index in [2.05, 4.69) is 71.0 Å². The molecule has 93 valence electrons. The maximum absolute atomic E-state index is 2.50. The van der Waals surface area contributed by atoms with Crippen molar-refractivity contribution in [2.24, 2.45) is 0 Å². The summed E-state index contributed by atoms with van der Waals surface area (Å²) in [5, 5.41) is 0. The van der Waals surface area contributed by atoms with Crippen molar-refractivity contribution in [3.63, 3.8) is 0 Å². The first kappa shape index (κ1) is 21.9. The van der Waals surface area contributed by atoms with Crippen LogP contribution in [-0.4, -0.2) is 5.92 Å². The topological polar surface area (TPSA) is 0 Å². The number of hydrogen-bond acceptors (Lipinski definition) is 0. The summed E-state index contributed by atoms with van der Waals surface area (Å²) >= 11 is -1.26. The molecule has 0 aromatic rings. The molecule has 0 bridgehead atoms. The normalized spacial score (nSPS) is 11.6. The molecule has 0 unspecified atom stereocenters. The van der Waals surface area contributed by atoms with Crippen molar-refractivity contribution in [1.29, 1.82) is 0 Å². The molecule has 0 rings (SSSR count). The van der Waals surface area contributed by atoms with Gasteiger partial charge in [-0.05, 0) is 0 Å². The Bertz CT molecular complexity index is 223. The molecule has 4 heteroatoms. The Hall–Kier alpha value is 0.640. The Kier molecular flexibility index (Phi) is 21.4. The van der Waals surface area contributed by atoms with Crippen molar-refractivity contribution in [1.82, 2.24) is 0 Å². The molecule has 0 aromatic heterocycles. The summed E-state index contributed by atoms with van der Waals surface area (Å²) in [7, 11) is 0. The minimum Gasteiger partial charge on any atom is -0.147 e. The number of rotatable bonds is 5. The van der Waals surface area contributed by atoms with Gasteiger partial charge in [-0.1, -0.05) is 0 Å². The third-order valence-corrected chi connectivity index (χ3v) is 18.1. The van der Waals surface area contributed by atoms with Crippen LogP contribution in [0.3, 0.4) is 0 Å². The number of hydrogen-bond donors (Lipinski definition) is 0. The van der Waals surface area contributed by atoms with E-state index >= 15 is 0 Å². The molecule has 16 heavy (non-hydrogen) atoms. The van der Waals surface area contributed by atoms with E-state index in [9.17, 15) is 0 Å². The summed E-state index contributed by atoms with van der Waals surface area (Å²) in [5.41, 5.74) is 0. The van der Waals surface area contributed by atoms with E-state index in [1.54, 1.807) is 0 Å². The second-order valence-corrected chi connectivity index (χ2v) is 22.3. The van der Waals surface area contributed by atoms with Gasteiger partial charge in [0.25, 0.3) is 0 Å². The van der Waals surface area contributed by atoms with Gasteiger partial charge in [0, 0.05) is 0 Å². The Morgan fingerprint density at radius 2 is 1.12 bits per heavy atom. The number of halogens is 2. The van der Waals surface area contributed by atoms with Crippen LogP contribution in [0.5, 0.6) is 0 Å². The molecule has 0 aliphatic rings. The van der Waals surface area contributed by atoms with Crippen LogP contribution in [0.4, 0.5) is 0 Å².